The van der Waals surface area contributed by atoms with Gasteiger partial charge < -0.3 is 4.74 Å². The molecule has 1 atom stereocenters. The van der Waals surface area contributed by atoms with E-state index in [2.05, 4.69) is 4.74 Å². The monoisotopic (exact) mass is 274 g/mol. The number of Topliss-reactive ketones (excluding diaryl/α,β-unsaturated/α-hetero) is 1. The molecule has 102 valence electrons. The zero-order valence-electron chi connectivity index (χ0n) is 10.7. The number of halogens is 1. The van der Waals surface area contributed by atoms with Crippen LogP contribution in [0.15, 0.2) is 18.2 Å². The van der Waals surface area contributed by atoms with Gasteiger partial charge in [-0.3, -0.25) is 4.79 Å². The number of nitrogens with zero attached hydrogens (tertiary/aromatic N) is 2. The lowest BCUT2D eigenvalue weighted by Gasteiger charge is -2.08. The fourth-order valence-corrected chi connectivity index (χ4v) is 1.43. The lowest BCUT2D eigenvalue weighted by Crippen LogP contribution is -2.28. The second-order valence-electron chi connectivity index (χ2n) is 3.92. The van der Waals surface area contributed by atoms with Gasteiger partial charge in [0, 0.05) is 5.56 Å². The van der Waals surface area contributed by atoms with Gasteiger partial charge in [-0.05, 0) is 24.6 Å². The molecule has 1 aromatic rings. The zero-order chi connectivity index (χ0) is 15.1. The van der Waals surface area contributed by atoms with Gasteiger partial charge in [0.25, 0.3) is 6.17 Å². The number of esters is 1. The van der Waals surface area contributed by atoms with Crippen LogP contribution in [0, 0.1) is 22.7 Å². The largest absolute Gasteiger partial charge is 0.463 e. The number of hydrogen-bond donors (Lipinski definition) is 0. The molecule has 0 fully saturated rings. The highest BCUT2D eigenvalue weighted by molar-refractivity contribution is 6.11. The first-order chi connectivity index (χ1) is 9.53. The minimum absolute atomic E-state index is 0.0220. The summed E-state index contributed by atoms with van der Waals surface area (Å²) in [4.78, 5) is 23.1. The Kier molecular flexibility index (Phi) is 5.37. The number of nitriles is 2. The Morgan fingerprint density at radius 3 is 2.25 bits per heavy atom. The molecule has 0 spiro atoms. The van der Waals surface area contributed by atoms with Crippen molar-refractivity contribution in [2.45, 2.75) is 19.5 Å². The summed E-state index contributed by atoms with van der Waals surface area (Å²) >= 11 is 0. The van der Waals surface area contributed by atoms with Gasteiger partial charge in [-0.25, -0.2) is 9.18 Å². The molecule has 0 bridgehead atoms. The highest BCUT2D eigenvalue weighted by Crippen LogP contribution is 2.13. The molecule has 0 aromatic heterocycles. The SMILES string of the molecule is CCCOC(=O)C(F)C(=O)c1cc(C#N)cc(C#N)c1. The lowest BCUT2D eigenvalue weighted by atomic mass is 10.0. The van der Waals surface area contributed by atoms with Crippen LogP contribution in [0.3, 0.4) is 0 Å². The maximum atomic E-state index is 13.7. The van der Waals surface area contributed by atoms with Gasteiger partial charge in [0.1, 0.15) is 0 Å². The maximum Gasteiger partial charge on any atom is 0.349 e. The normalized spacial score (nSPS) is 11.0. The van der Waals surface area contributed by atoms with E-state index in [1.54, 1.807) is 19.1 Å². The van der Waals surface area contributed by atoms with Gasteiger partial charge in [0.2, 0.25) is 5.78 Å². The van der Waals surface area contributed by atoms with Crippen molar-refractivity contribution in [2.75, 3.05) is 6.61 Å². The Morgan fingerprint density at radius 1 is 1.25 bits per heavy atom. The average molecular weight is 274 g/mol. The van der Waals surface area contributed by atoms with Gasteiger partial charge in [-0.1, -0.05) is 6.92 Å². The topological polar surface area (TPSA) is 90.9 Å². The van der Waals surface area contributed by atoms with Gasteiger partial charge in [-0.15, -0.1) is 0 Å². The number of ether oxygens (including phenoxy) is 1. The van der Waals surface area contributed by atoms with E-state index in [1.807, 2.05) is 0 Å². The Labute approximate surface area is 115 Å². The van der Waals surface area contributed by atoms with E-state index in [1.165, 1.54) is 6.07 Å². The number of benzene rings is 1. The first kappa shape index (κ1) is 15.3. The van der Waals surface area contributed by atoms with Crippen molar-refractivity contribution in [3.63, 3.8) is 0 Å². The van der Waals surface area contributed by atoms with Gasteiger partial charge in [0.15, 0.2) is 0 Å². The molecule has 0 saturated heterocycles. The molecule has 0 aliphatic rings. The number of rotatable bonds is 5. The predicted octanol–water partition coefficient (Wildman–Crippen LogP) is 1.90. The molecule has 0 heterocycles. The minimum Gasteiger partial charge on any atom is -0.463 e. The Hall–Kier alpha value is -2.73. The Balaban J connectivity index is 3.00. The number of carbonyl (C=O) groups is 2. The van der Waals surface area contributed by atoms with Crippen LogP contribution in [0.1, 0.15) is 34.8 Å². The number of alkyl halides is 1. The molecule has 1 aromatic carbocycles. The molecule has 6 heteroatoms. The standard InChI is InChI=1S/C14H11FN2O3/c1-2-3-20-14(19)12(15)13(18)11-5-9(7-16)4-10(6-11)8-17/h4-6,12H,2-3H2,1H3. The highest BCUT2D eigenvalue weighted by Gasteiger charge is 2.29. The van der Waals surface area contributed by atoms with Crippen LogP contribution in [-0.4, -0.2) is 24.5 Å². The van der Waals surface area contributed by atoms with Crippen molar-refractivity contribution in [3.8, 4) is 12.1 Å². The summed E-state index contributed by atoms with van der Waals surface area (Å²) in [6, 6.07) is 7.03. The summed E-state index contributed by atoms with van der Waals surface area (Å²) in [5, 5.41) is 17.5. The predicted molar refractivity (Wildman–Crippen MR) is 66.3 cm³/mol. The molecule has 5 nitrogen and oxygen atoms in total. The third kappa shape index (κ3) is 3.63. The molecule has 0 N–H and O–H groups in total. The summed E-state index contributed by atoms with van der Waals surface area (Å²) in [5.74, 6) is -2.39. The Morgan fingerprint density at radius 2 is 1.80 bits per heavy atom. The molecule has 0 amide bonds. The Bertz CT molecular complexity index is 582. The van der Waals surface area contributed by atoms with Crippen molar-refractivity contribution in [1.82, 2.24) is 0 Å². The van der Waals surface area contributed by atoms with E-state index < -0.39 is 17.9 Å². The van der Waals surface area contributed by atoms with Crippen molar-refractivity contribution in [1.29, 1.82) is 10.5 Å². The lowest BCUT2D eigenvalue weighted by molar-refractivity contribution is -0.147. The van der Waals surface area contributed by atoms with Crippen LogP contribution >= 0.6 is 0 Å². The molecule has 1 unspecified atom stereocenters. The van der Waals surface area contributed by atoms with E-state index in [4.69, 9.17) is 10.5 Å². The van der Waals surface area contributed by atoms with Crippen LogP contribution in [-0.2, 0) is 9.53 Å². The van der Waals surface area contributed by atoms with Crippen LogP contribution in [0.5, 0.6) is 0 Å². The molecule has 0 saturated carbocycles. The number of carbonyl (C=O) groups excluding carboxylic acids is 2. The highest BCUT2D eigenvalue weighted by atomic mass is 19.1. The third-order valence-electron chi connectivity index (χ3n) is 2.36. The molecule has 0 aliphatic heterocycles. The molecule has 1 rings (SSSR count). The van der Waals surface area contributed by atoms with E-state index in [9.17, 15) is 14.0 Å². The van der Waals surface area contributed by atoms with Gasteiger partial charge in [0.05, 0.1) is 29.9 Å². The average Bonchev–Trinajstić information content (AvgIpc) is 2.50. The molecule has 0 radical (unpaired) electrons. The van der Waals surface area contributed by atoms with E-state index in [0.29, 0.717) is 6.42 Å². The number of ketones is 1. The number of hydrogen-bond acceptors (Lipinski definition) is 5. The van der Waals surface area contributed by atoms with Crippen molar-refractivity contribution in [3.05, 3.63) is 34.9 Å². The molecule has 0 aliphatic carbocycles. The van der Waals surface area contributed by atoms with Crippen LogP contribution in [0.2, 0.25) is 0 Å². The summed E-state index contributed by atoms with van der Waals surface area (Å²) in [7, 11) is 0. The third-order valence-corrected chi connectivity index (χ3v) is 2.36. The summed E-state index contributed by atoms with van der Waals surface area (Å²) < 4.78 is 18.2. The second-order valence-corrected chi connectivity index (χ2v) is 3.92. The van der Waals surface area contributed by atoms with E-state index >= 15 is 0 Å². The fourth-order valence-electron chi connectivity index (χ4n) is 1.43. The van der Waals surface area contributed by atoms with E-state index in [-0.39, 0.29) is 23.3 Å². The second kappa shape index (κ2) is 7.01. The fraction of sp³-hybridized carbons (Fsp3) is 0.286. The van der Waals surface area contributed by atoms with Crippen molar-refractivity contribution < 1.29 is 18.7 Å². The molecule has 20 heavy (non-hydrogen) atoms. The smallest absolute Gasteiger partial charge is 0.349 e. The van der Waals surface area contributed by atoms with Crippen molar-refractivity contribution in [2.24, 2.45) is 0 Å². The van der Waals surface area contributed by atoms with Gasteiger partial charge in [-0.2, -0.15) is 10.5 Å². The first-order valence-electron chi connectivity index (χ1n) is 5.83. The van der Waals surface area contributed by atoms with Gasteiger partial charge >= 0.3 is 5.97 Å². The first-order valence-corrected chi connectivity index (χ1v) is 5.83. The van der Waals surface area contributed by atoms with E-state index in [0.717, 1.165) is 12.1 Å². The molecular weight excluding hydrogens is 263 g/mol. The summed E-state index contributed by atoms with van der Waals surface area (Å²) in [6.07, 6.45) is -1.95. The quantitative estimate of drug-likeness (QED) is 0.464. The van der Waals surface area contributed by atoms with Crippen molar-refractivity contribution >= 4 is 11.8 Å². The molecular formula is C14H11FN2O3. The minimum atomic E-state index is -2.46. The zero-order valence-corrected chi connectivity index (χ0v) is 10.7. The van der Waals surface area contributed by atoms with Crippen LogP contribution in [0.4, 0.5) is 4.39 Å². The maximum absolute atomic E-state index is 13.7. The summed E-state index contributed by atoms with van der Waals surface area (Å²) in [6.45, 7) is 1.76. The van der Waals surface area contributed by atoms with Crippen LogP contribution < -0.4 is 0 Å². The van der Waals surface area contributed by atoms with Crippen LogP contribution in [0.25, 0.3) is 0 Å². The summed E-state index contributed by atoms with van der Waals surface area (Å²) in [5.41, 5.74) is -0.121.